The molecular weight excluding hydrogens is 310 g/mol. The molecule has 144 valence electrons. The van der Waals surface area contributed by atoms with Crippen LogP contribution in [0.25, 0.3) is 0 Å². The van der Waals surface area contributed by atoms with Gasteiger partial charge in [0.25, 0.3) is 0 Å². The van der Waals surface area contributed by atoms with Crippen LogP contribution in [0.3, 0.4) is 0 Å². The van der Waals surface area contributed by atoms with Crippen LogP contribution in [0, 0.1) is 0 Å². The van der Waals surface area contributed by atoms with Crippen LogP contribution in [0.1, 0.15) is 83.6 Å². The van der Waals surface area contributed by atoms with E-state index in [1.165, 1.54) is 63.4 Å². The summed E-state index contributed by atoms with van der Waals surface area (Å²) in [4.78, 5) is 0. The third-order valence-corrected chi connectivity index (χ3v) is 4.55. The molecule has 0 heterocycles. The van der Waals surface area contributed by atoms with Crippen LogP contribution in [0.15, 0.2) is 18.2 Å². The molecule has 3 nitrogen and oxygen atoms in total. The van der Waals surface area contributed by atoms with Gasteiger partial charge in [-0.15, -0.1) is 0 Å². The molecule has 1 N–H and O–H groups in total. The average Bonchev–Trinajstić information content (AvgIpc) is 2.64. The van der Waals surface area contributed by atoms with E-state index in [1.807, 2.05) is 12.1 Å². The van der Waals surface area contributed by atoms with Gasteiger partial charge in [-0.2, -0.15) is 0 Å². The largest absolute Gasteiger partial charge is 0.493 e. The van der Waals surface area contributed by atoms with Crippen LogP contribution in [0.4, 0.5) is 0 Å². The number of rotatable bonds is 16. The van der Waals surface area contributed by atoms with Crippen LogP contribution in [-0.2, 0) is 6.54 Å². The number of para-hydroxylation sites is 1. The lowest BCUT2D eigenvalue weighted by molar-refractivity contribution is 0.281. The van der Waals surface area contributed by atoms with Crippen molar-refractivity contribution in [1.82, 2.24) is 5.32 Å². The van der Waals surface area contributed by atoms with Gasteiger partial charge in [0.2, 0.25) is 0 Å². The summed E-state index contributed by atoms with van der Waals surface area (Å²) < 4.78 is 11.6. The highest BCUT2D eigenvalue weighted by Gasteiger charge is 2.10. The van der Waals surface area contributed by atoms with E-state index in [0.29, 0.717) is 0 Å². The normalized spacial score (nSPS) is 10.8. The fraction of sp³-hybridized carbons (Fsp3) is 0.727. The summed E-state index contributed by atoms with van der Waals surface area (Å²) in [7, 11) is 1.72. The predicted octanol–water partition coefficient (Wildman–Crippen LogP) is 6.10. The molecule has 0 aliphatic carbocycles. The Morgan fingerprint density at radius 2 is 1.52 bits per heavy atom. The molecule has 0 fully saturated rings. The van der Waals surface area contributed by atoms with Crippen molar-refractivity contribution in [2.24, 2.45) is 0 Å². The molecule has 0 radical (unpaired) electrons. The van der Waals surface area contributed by atoms with E-state index in [4.69, 9.17) is 9.47 Å². The minimum Gasteiger partial charge on any atom is -0.493 e. The first-order chi connectivity index (χ1) is 12.3. The first kappa shape index (κ1) is 21.8. The number of ether oxygens (including phenoxy) is 2. The van der Waals surface area contributed by atoms with Gasteiger partial charge in [-0.3, -0.25) is 0 Å². The number of hydrogen-bond acceptors (Lipinski definition) is 3. The monoisotopic (exact) mass is 349 g/mol. The van der Waals surface area contributed by atoms with E-state index >= 15 is 0 Å². The maximum Gasteiger partial charge on any atom is 0.165 e. The zero-order valence-electron chi connectivity index (χ0n) is 16.7. The number of benzene rings is 1. The fourth-order valence-corrected chi connectivity index (χ4v) is 2.98. The van der Waals surface area contributed by atoms with Crippen LogP contribution < -0.4 is 14.8 Å². The highest BCUT2D eigenvalue weighted by Crippen LogP contribution is 2.31. The lowest BCUT2D eigenvalue weighted by atomic mass is 10.1. The van der Waals surface area contributed by atoms with Crippen molar-refractivity contribution in [3.63, 3.8) is 0 Å². The quantitative estimate of drug-likeness (QED) is 0.365. The van der Waals surface area contributed by atoms with Crippen molar-refractivity contribution in [3.05, 3.63) is 23.8 Å². The molecule has 0 saturated carbocycles. The van der Waals surface area contributed by atoms with Crippen molar-refractivity contribution in [2.45, 2.75) is 84.6 Å². The number of unbranched alkanes of at least 4 members (excludes halogenated alkanes) is 8. The van der Waals surface area contributed by atoms with E-state index in [2.05, 4.69) is 25.2 Å². The van der Waals surface area contributed by atoms with Crippen molar-refractivity contribution < 1.29 is 9.47 Å². The van der Waals surface area contributed by atoms with E-state index in [-0.39, 0.29) is 0 Å². The topological polar surface area (TPSA) is 30.5 Å². The van der Waals surface area contributed by atoms with Gasteiger partial charge in [0.05, 0.1) is 13.7 Å². The molecule has 0 atom stereocenters. The SMILES string of the molecule is CCCCCCCNCc1cccc(OC)c1OCCCCCCC. The summed E-state index contributed by atoms with van der Waals surface area (Å²) in [6.07, 6.45) is 12.8. The molecule has 0 unspecified atom stereocenters. The highest BCUT2D eigenvalue weighted by molar-refractivity contribution is 5.46. The lowest BCUT2D eigenvalue weighted by Gasteiger charge is -2.15. The van der Waals surface area contributed by atoms with Gasteiger partial charge in [-0.05, 0) is 25.5 Å². The maximum absolute atomic E-state index is 6.08. The van der Waals surface area contributed by atoms with Gasteiger partial charge in [0.15, 0.2) is 11.5 Å². The molecule has 0 bridgehead atoms. The molecule has 0 amide bonds. The van der Waals surface area contributed by atoms with Crippen LogP contribution >= 0.6 is 0 Å². The third kappa shape index (κ3) is 9.74. The first-order valence-electron chi connectivity index (χ1n) is 10.3. The third-order valence-electron chi connectivity index (χ3n) is 4.55. The molecule has 1 aromatic rings. The molecule has 1 aromatic carbocycles. The smallest absolute Gasteiger partial charge is 0.165 e. The van der Waals surface area contributed by atoms with E-state index in [0.717, 1.165) is 37.6 Å². The maximum atomic E-state index is 6.08. The second-order valence-corrected chi connectivity index (χ2v) is 6.80. The van der Waals surface area contributed by atoms with E-state index in [9.17, 15) is 0 Å². The highest BCUT2D eigenvalue weighted by atomic mass is 16.5. The van der Waals surface area contributed by atoms with Gasteiger partial charge < -0.3 is 14.8 Å². The van der Waals surface area contributed by atoms with Gasteiger partial charge in [-0.25, -0.2) is 0 Å². The number of hydrogen-bond donors (Lipinski definition) is 1. The van der Waals surface area contributed by atoms with E-state index < -0.39 is 0 Å². The Kier molecular flexibility index (Phi) is 13.2. The zero-order chi connectivity index (χ0) is 18.2. The first-order valence-corrected chi connectivity index (χ1v) is 10.3. The van der Waals surface area contributed by atoms with Crippen LogP contribution in [0.5, 0.6) is 11.5 Å². The van der Waals surface area contributed by atoms with Crippen molar-refractivity contribution >= 4 is 0 Å². The zero-order valence-corrected chi connectivity index (χ0v) is 16.7. The van der Waals surface area contributed by atoms with Crippen LogP contribution in [0.2, 0.25) is 0 Å². The molecule has 1 rings (SSSR count). The minimum atomic E-state index is 0.772. The average molecular weight is 350 g/mol. The Balaban J connectivity index is 2.38. The Hall–Kier alpha value is -1.22. The number of nitrogens with one attached hydrogen (secondary N) is 1. The summed E-state index contributed by atoms with van der Waals surface area (Å²) in [5, 5.41) is 3.55. The van der Waals surface area contributed by atoms with Gasteiger partial charge in [-0.1, -0.05) is 77.3 Å². The summed E-state index contributed by atoms with van der Waals surface area (Å²) in [5.74, 6) is 1.76. The van der Waals surface area contributed by atoms with Crippen molar-refractivity contribution in [1.29, 1.82) is 0 Å². The summed E-state index contributed by atoms with van der Waals surface area (Å²) >= 11 is 0. The summed E-state index contributed by atoms with van der Waals surface area (Å²) in [5.41, 5.74) is 1.20. The molecule has 0 saturated heterocycles. The van der Waals surface area contributed by atoms with E-state index in [1.54, 1.807) is 7.11 Å². The predicted molar refractivity (Wildman–Crippen MR) is 108 cm³/mol. The Bertz CT molecular complexity index is 434. The standard InChI is InChI=1S/C22H39NO2/c1-4-6-8-10-12-17-23-19-20-15-14-16-21(24-3)22(20)25-18-13-11-9-7-5-2/h14-16,23H,4-13,17-19H2,1-3H3. The Morgan fingerprint density at radius 1 is 0.840 bits per heavy atom. The summed E-state index contributed by atoms with van der Waals surface area (Å²) in [6, 6.07) is 6.17. The molecule has 0 aliphatic rings. The number of methoxy groups -OCH3 is 1. The molecule has 0 spiro atoms. The second-order valence-electron chi connectivity index (χ2n) is 6.80. The minimum absolute atomic E-state index is 0.772. The summed E-state index contributed by atoms with van der Waals surface area (Å²) in [6.45, 7) is 7.18. The molecule has 0 aliphatic heterocycles. The van der Waals surface area contributed by atoms with Gasteiger partial charge in [0.1, 0.15) is 0 Å². The molecule has 3 heteroatoms. The van der Waals surface area contributed by atoms with Crippen LogP contribution in [-0.4, -0.2) is 20.3 Å². The Morgan fingerprint density at radius 3 is 2.20 bits per heavy atom. The fourth-order valence-electron chi connectivity index (χ4n) is 2.98. The molecule has 0 aromatic heterocycles. The lowest BCUT2D eigenvalue weighted by Crippen LogP contribution is -2.16. The van der Waals surface area contributed by atoms with Gasteiger partial charge in [0, 0.05) is 12.1 Å². The van der Waals surface area contributed by atoms with Gasteiger partial charge >= 0.3 is 0 Å². The van der Waals surface area contributed by atoms with Crippen molar-refractivity contribution in [2.75, 3.05) is 20.3 Å². The molecular formula is C22H39NO2. The Labute approximate surface area is 155 Å². The van der Waals surface area contributed by atoms with Crippen molar-refractivity contribution in [3.8, 4) is 11.5 Å². The second kappa shape index (κ2) is 15.1. The molecule has 25 heavy (non-hydrogen) atoms.